The highest BCUT2D eigenvalue weighted by Crippen LogP contribution is 2.55. The topological polar surface area (TPSA) is 107 Å². The molecule has 45 heavy (non-hydrogen) atoms. The highest BCUT2D eigenvalue weighted by atomic mass is 35.5. The number of allylic oxidation sites excluding steroid dienone is 1. The van der Waals surface area contributed by atoms with E-state index < -0.39 is 12.1 Å². The maximum absolute atomic E-state index is 14.1. The first-order valence-electron chi connectivity index (χ1n) is 14.5. The molecule has 2 saturated heterocycles. The first-order chi connectivity index (χ1) is 21.8. The molecule has 3 aliphatic heterocycles. The predicted molar refractivity (Wildman–Crippen MR) is 179 cm³/mol. The van der Waals surface area contributed by atoms with E-state index in [9.17, 15) is 14.9 Å². The monoisotopic (exact) mass is 661 g/mol. The molecule has 1 unspecified atom stereocenters. The number of amides is 2. The molecule has 3 heterocycles. The third kappa shape index (κ3) is 5.72. The second-order valence-electron chi connectivity index (χ2n) is 10.8. The van der Waals surface area contributed by atoms with E-state index in [0.29, 0.717) is 28.6 Å². The van der Waals surface area contributed by atoms with Crippen LogP contribution in [-0.4, -0.2) is 61.2 Å². The summed E-state index contributed by atoms with van der Waals surface area (Å²) in [7, 11) is 3.10. The molecule has 9 nitrogen and oxygen atoms in total. The molecule has 2 amide bonds. The fraction of sp³-hybridized carbons (Fsp3) is 0.303. The molecule has 0 bridgehead atoms. The Hall–Kier alpha value is -3.82. The van der Waals surface area contributed by atoms with Crippen molar-refractivity contribution in [2.75, 3.05) is 37.2 Å². The number of carbonyl (C=O) groups is 2. The van der Waals surface area contributed by atoms with Gasteiger partial charge in [-0.05, 0) is 78.4 Å². The number of hydrazine groups is 1. The van der Waals surface area contributed by atoms with Gasteiger partial charge in [0, 0.05) is 29.7 Å². The summed E-state index contributed by atoms with van der Waals surface area (Å²) in [6.45, 7) is 2.27. The quantitative estimate of drug-likeness (QED) is 0.340. The molecule has 0 spiro atoms. The Morgan fingerprint density at radius 1 is 1.04 bits per heavy atom. The fourth-order valence-electron chi connectivity index (χ4n) is 5.97. The molecule has 6 rings (SSSR count). The zero-order chi connectivity index (χ0) is 31.7. The minimum absolute atomic E-state index is 0.149. The van der Waals surface area contributed by atoms with Gasteiger partial charge in [0.25, 0.3) is 11.8 Å². The van der Waals surface area contributed by atoms with Crippen LogP contribution in [0.1, 0.15) is 40.4 Å². The lowest BCUT2D eigenvalue weighted by atomic mass is 10.0. The van der Waals surface area contributed by atoms with Gasteiger partial charge in [0.15, 0.2) is 0 Å². The van der Waals surface area contributed by atoms with E-state index in [2.05, 4.69) is 35.0 Å². The summed E-state index contributed by atoms with van der Waals surface area (Å²) in [5.74, 6) is 2.57. The normalized spacial score (nSPS) is 20.6. The summed E-state index contributed by atoms with van der Waals surface area (Å²) in [4.78, 5) is 29.0. The van der Waals surface area contributed by atoms with E-state index in [0.717, 1.165) is 40.4 Å². The van der Waals surface area contributed by atoms with E-state index in [1.807, 2.05) is 60.9 Å². The van der Waals surface area contributed by atoms with Crippen LogP contribution in [0.2, 0.25) is 5.02 Å². The first kappa shape index (κ1) is 31.2. The van der Waals surface area contributed by atoms with Crippen LogP contribution < -0.4 is 25.1 Å². The van der Waals surface area contributed by atoms with Crippen molar-refractivity contribution in [3.63, 3.8) is 0 Å². The molecule has 3 aromatic carbocycles. The summed E-state index contributed by atoms with van der Waals surface area (Å²) in [5.41, 5.74) is 7.55. The lowest BCUT2D eigenvalue weighted by Crippen LogP contribution is -2.56. The van der Waals surface area contributed by atoms with Crippen molar-refractivity contribution in [2.24, 2.45) is 0 Å². The van der Waals surface area contributed by atoms with Gasteiger partial charge < -0.3 is 14.8 Å². The molecule has 0 aliphatic carbocycles. The number of thioether (sulfide) groups is 2. The minimum atomic E-state index is -0.650. The van der Waals surface area contributed by atoms with Gasteiger partial charge in [0.05, 0.1) is 30.8 Å². The lowest BCUT2D eigenvalue weighted by molar-refractivity contribution is -0.123. The Morgan fingerprint density at radius 3 is 2.44 bits per heavy atom. The van der Waals surface area contributed by atoms with E-state index >= 15 is 0 Å². The predicted octanol–water partition coefficient (Wildman–Crippen LogP) is 5.50. The Morgan fingerprint density at radius 2 is 1.76 bits per heavy atom. The molecule has 3 aliphatic rings. The van der Waals surface area contributed by atoms with Crippen molar-refractivity contribution in [2.45, 2.75) is 29.5 Å². The summed E-state index contributed by atoms with van der Waals surface area (Å²) in [6, 6.07) is 19.7. The second-order valence-corrected chi connectivity index (χ2v) is 14.1. The average molecular weight is 662 g/mol. The van der Waals surface area contributed by atoms with Gasteiger partial charge in [-0.1, -0.05) is 29.8 Å². The summed E-state index contributed by atoms with van der Waals surface area (Å²) in [5, 5.41) is 14.8. The highest BCUT2D eigenvalue weighted by Gasteiger charge is 2.45. The molecular formula is C33H32ClN5O4S2. The van der Waals surface area contributed by atoms with E-state index in [1.54, 1.807) is 29.2 Å². The molecule has 232 valence electrons. The Labute approximate surface area is 275 Å². The third-order valence-electron chi connectivity index (χ3n) is 8.16. The van der Waals surface area contributed by atoms with Crippen LogP contribution in [0.3, 0.4) is 0 Å². The van der Waals surface area contributed by atoms with Crippen molar-refractivity contribution in [1.82, 2.24) is 15.8 Å². The summed E-state index contributed by atoms with van der Waals surface area (Å²) in [6.07, 6.45) is 3.02. The van der Waals surface area contributed by atoms with Crippen LogP contribution >= 0.6 is 35.1 Å². The number of nitrogens with zero attached hydrogens (tertiary/aromatic N) is 3. The Kier molecular flexibility index (Phi) is 8.93. The van der Waals surface area contributed by atoms with E-state index in [-0.39, 0.29) is 21.5 Å². The number of carbonyl (C=O) groups excluding carboxylic acids is 2. The number of halogens is 1. The summed E-state index contributed by atoms with van der Waals surface area (Å²) < 4.78 is 10.4. The Bertz CT molecular complexity index is 1700. The average Bonchev–Trinajstić information content (AvgIpc) is 3.47. The van der Waals surface area contributed by atoms with Gasteiger partial charge in [-0.25, -0.2) is 5.43 Å². The molecule has 2 fully saturated rings. The van der Waals surface area contributed by atoms with Gasteiger partial charge in [-0.3, -0.25) is 19.5 Å². The largest absolute Gasteiger partial charge is 0.495 e. The number of hydrogen-bond acceptors (Lipinski definition) is 9. The van der Waals surface area contributed by atoms with Crippen molar-refractivity contribution < 1.29 is 19.1 Å². The molecule has 2 atom stereocenters. The van der Waals surface area contributed by atoms with Crippen LogP contribution in [0.5, 0.6) is 11.5 Å². The van der Waals surface area contributed by atoms with Gasteiger partial charge in [-0.15, -0.1) is 23.5 Å². The van der Waals surface area contributed by atoms with Crippen molar-refractivity contribution in [3.8, 4) is 17.6 Å². The third-order valence-corrected chi connectivity index (χ3v) is 11.9. The molecule has 0 radical (unpaired) electrons. The number of methoxy groups -OCH3 is 2. The number of ether oxygens (including phenoxy) is 2. The van der Waals surface area contributed by atoms with Crippen LogP contribution in [-0.2, 0) is 8.87 Å². The van der Waals surface area contributed by atoms with Crippen LogP contribution in [0.15, 0.2) is 72.6 Å². The van der Waals surface area contributed by atoms with E-state index in [1.165, 1.54) is 13.2 Å². The lowest BCUT2D eigenvalue weighted by Gasteiger charge is -2.39. The SMILES string of the molecule is COc1cc(C2(c3ccc(N4C(=O)C5[C@@H](NC(=O)c6ccc(OC)c(C#N)c6)CNN5C=C4C)cc3)SCCCS2)ccc1Cl. The number of benzene rings is 3. The summed E-state index contributed by atoms with van der Waals surface area (Å²) >= 11 is 10.2. The number of nitrogens with one attached hydrogen (secondary N) is 2. The van der Waals surface area contributed by atoms with Crippen LogP contribution in [0.4, 0.5) is 5.69 Å². The van der Waals surface area contributed by atoms with Gasteiger partial charge in [0.2, 0.25) is 0 Å². The first-order valence-corrected chi connectivity index (χ1v) is 16.8. The molecule has 12 heteroatoms. The molecule has 2 N–H and O–H groups in total. The van der Waals surface area contributed by atoms with E-state index in [4.69, 9.17) is 21.1 Å². The standard InChI is InChI=1S/C33H32ClN5O4S2/c1-20-19-38-30(27(18-36-38)37-31(40)21-5-12-28(42-2)22(15-21)17-35)32(41)39(20)25-9-6-23(7-10-25)33(44-13-4-14-45-33)24-8-11-26(34)29(16-24)43-3/h5-12,15-16,19,27,30,36H,4,13-14,18H2,1-3H3,(H,37,40)/t27-,30?/m0/s1. The number of fused-ring (bicyclic) bond motifs is 1. The van der Waals surface area contributed by atoms with Gasteiger partial charge in [0.1, 0.15) is 27.7 Å². The maximum Gasteiger partial charge on any atom is 0.257 e. The van der Waals surface area contributed by atoms with Gasteiger partial charge in [-0.2, -0.15) is 5.26 Å². The zero-order valence-corrected chi connectivity index (χ0v) is 27.4. The van der Waals surface area contributed by atoms with Crippen molar-refractivity contribution >= 4 is 52.6 Å². The van der Waals surface area contributed by atoms with Crippen molar-refractivity contribution in [3.05, 3.63) is 99.8 Å². The zero-order valence-electron chi connectivity index (χ0n) is 25.0. The second kappa shape index (κ2) is 12.9. The molecule has 0 aromatic heterocycles. The number of hydrogen-bond donors (Lipinski definition) is 2. The van der Waals surface area contributed by atoms with Crippen molar-refractivity contribution in [1.29, 1.82) is 5.26 Å². The smallest absolute Gasteiger partial charge is 0.257 e. The molecule has 0 saturated carbocycles. The molecular weight excluding hydrogens is 630 g/mol. The minimum Gasteiger partial charge on any atom is -0.495 e. The van der Waals surface area contributed by atoms with Crippen LogP contribution in [0, 0.1) is 11.3 Å². The fourth-order valence-corrected chi connectivity index (χ4v) is 9.52. The van der Waals surface area contributed by atoms with Crippen LogP contribution in [0.25, 0.3) is 0 Å². The number of nitriles is 1. The van der Waals surface area contributed by atoms with Gasteiger partial charge >= 0.3 is 0 Å². The Balaban J connectivity index is 1.25. The highest BCUT2D eigenvalue weighted by molar-refractivity contribution is 8.18. The number of anilines is 1. The maximum atomic E-state index is 14.1. The number of rotatable bonds is 7. The molecule has 3 aromatic rings.